The van der Waals surface area contributed by atoms with Crippen molar-refractivity contribution < 1.29 is 57.8 Å². The highest BCUT2D eigenvalue weighted by molar-refractivity contribution is 8.76. The molecule has 2 heterocycles. The Balaban J connectivity index is 1.71. The number of amides is 11. The Hall–Kier alpha value is -7.66. The third-order valence-corrected chi connectivity index (χ3v) is 14.1. The molecule has 4 rings (SSSR count). The molecule has 0 aliphatic carbocycles. The lowest BCUT2D eigenvalue weighted by Crippen LogP contribution is -2.61. The van der Waals surface area contributed by atoms with Crippen LogP contribution in [0.1, 0.15) is 56.1 Å². The van der Waals surface area contributed by atoms with Gasteiger partial charge < -0.3 is 81.6 Å². The molecule has 75 heavy (non-hydrogen) atoms. The van der Waals surface area contributed by atoms with Gasteiger partial charge in [-0.2, -0.15) is 0 Å². The average molecular weight is 1080 g/mol. The molecule has 0 radical (unpaired) electrons. The highest BCUT2D eigenvalue weighted by Crippen LogP contribution is 2.26. The highest BCUT2D eigenvalue weighted by Gasteiger charge is 2.40. The van der Waals surface area contributed by atoms with Crippen LogP contribution in [0.3, 0.4) is 0 Å². The molecule has 0 spiro atoms. The van der Waals surface area contributed by atoms with E-state index in [2.05, 4.69) is 42.2 Å². The summed E-state index contributed by atoms with van der Waals surface area (Å²) in [5, 5.41) is 27.9. The van der Waals surface area contributed by atoms with Gasteiger partial charge in [-0.1, -0.05) is 64.1 Å². The van der Waals surface area contributed by atoms with E-state index in [9.17, 15) is 57.8 Å². The fraction of sp³-hybridized carbons (Fsp3) is 0.478. The van der Waals surface area contributed by atoms with E-state index in [0.717, 1.165) is 21.6 Å². The van der Waals surface area contributed by atoms with Crippen molar-refractivity contribution >= 4 is 92.5 Å². The molecular weight excluding hydrogens is 1020 g/mol. The SMILES string of the molecule is NC(=O)CCC1NC(=O)C(Cc2ccccc2)NC(=O)C(Cc2cccc(O)c2)NC(=O)C(N)CSSCC(C(=O)N2CCCC2C(=O)NC(CCCN=C(N)N)C(=O)NCC(N)=O)NC(=O)C(CC(N)=O)NC1=O. The Kier molecular flexibility index (Phi) is 23.9. The van der Waals surface area contributed by atoms with Crippen molar-refractivity contribution in [2.75, 3.05) is 31.1 Å². The van der Waals surface area contributed by atoms with E-state index in [1.165, 1.54) is 23.1 Å². The summed E-state index contributed by atoms with van der Waals surface area (Å²) in [7, 11) is 1.99. The van der Waals surface area contributed by atoms with E-state index < -0.39 is 139 Å². The van der Waals surface area contributed by atoms with Crippen LogP contribution in [-0.2, 0) is 65.6 Å². The first kappa shape index (κ1) is 59.9. The van der Waals surface area contributed by atoms with Crippen LogP contribution >= 0.6 is 21.6 Å². The maximum Gasteiger partial charge on any atom is 0.246 e. The predicted molar refractivity (Wildman–Crippen MR) is 276 cm³/mol. The van der Waals surface area contributed by atoms with Crippen LogP contribution in [0.2, 0.25) is 0 Å². The van der Waals surface area contributed by atoms with Crippen molar-refractivity contribution in [1.29, 1.82) is 0 Å². The second-order valence-electron chi connectivity index (χ2n) is 17.6. The van der Waals surface area contributed by atoms with Gasteiger partial charge in [0.15, 0.2) is 5.96 Å². The van der Waals surface area contributed by atoms with E-state index in [-0.39, 0.29) is 68.4 Å². The summed E-state index contributed by atoms with van der Waals surface area (Å²) in [6.45, 7) is -0.445. The van der Waals surface area contributed by atoms with Gasteiger partial charge in [-0.25, -0.2) is 0 Å². The smallest absolute Gasteiger partial charge is 0.246 e. The van der Waals surface area contributed by atoms with Gasteiger partial charge in [0, 0.05) is 43.9 Å². The van der Waals surface area contributed by atoms with Gasteiger partial charge >= 0.3 is 0 Å². The zero-order chi connectivity index (χ0) is 55.2. The summed E-state index contributed by atoms with van der Waals surface area (Å²) < 4.78 is 0. The summed E-state index contributed by atoms with van der Waals surface area (Å²) in [5.74, 6) is -10.6. The average Bonchev–Trinajstić information content (AvgIpc) is 3.85. The minimum absolute atomic E-state index is 0.000226. The van der Waals surface area contributed by atoms with Crippen LogP contribution < -0.4 is 71.6 Å². The molecular formula is C46H65N15O12S2. The van der Waals surface area contributed by atoms with E-state index in [1.54, 1.807) is 36.4 Å². The standard InChI is InChI=1S/C46H65N15O12S2/c47-27-22-74-75-23-33(45(73)61-16-6-12-34(61)44(72)56-28(11-5-15-53-46(51)52)39(67)54-21-37(50)65)60-43(71)32(20-36(49)64)59-40(68)29(13-14-35(48)63)55-41(69)30(18-24-7-2-1-3-8-24)58-42(70)31(57-38(27)66)19-25-9-4-10-26(62)17-25/h1-4,7-10,17,27-34,62H,5-6,11-16,18-23,47H2,(H2,48,63)(H2,49,64)(H2,50,65)(H,54,67)(H,55,69)(H,56,72)(H,57,66)(H,58,70)(H,59,68)(H,60,71)(H4,51,52,53). The second-order valence-corrected chi connectivity index (χ2v) is 20.2. The molecule has 11 amide bonds. The Morgan fingerprint density at radius 3 is 1.96 bits per heavy atom. The van der Waals surface area contributed by atoms with Gasteiger partial charge in [0.25, 0.3) is 0 Å². The quantitative estimate of drug-likeness (QED) is 0.0270. The maximum atomic E-state index is 14.6. The van der Waals surface area contributed by atoms with Gasteiger partial charge in [-0.05, 0) is 55.4 Å². The molecule has 0 aromatic heterocycles. The Morgan fingerprint density at radius 2 is 1.32 bits per heavy atom. The van der Waals surface area contributed by atoms with Gasteiger partial charge in [-0.3, -0.25) is 57.7 Å². The molecule has 408 valence electrons. The number of rotatable bonds is 19. The second kappa shape index (κ2) is 29.9. The van der Waals surface area contributed by atoms with Crippen molar-refractivity contribution in [2.45, 2.75) is 106 Å². The fourth-order valence-electron chi connectivity index (χ4n) is 7.85. The number of phenolic OH excluding ortho intramolecular Hbond substituents is 1. The van der Waals surface area contributed by atoms with Gasteiger partial charge in [0.2, 0.25) is 65.0 Å². The lowest BCUT2D eigenvalue weighted by atomic mass is 10.0. The van der Waals surface area contributed by atoms with Crippen molar-refractivity contribution in [3.05, 3.63) is 65.7 Å². The van der Waals surface area contributed by atoms with Crippen molar-refractivity contribution in [3.8, 4) is 5.75 Å². The van der Waals surface area contributed by atoms with Crippen LogP contribution in [0.5, 0.6) is 5.75 Å². The summed E-state index contributed by atoms with van der Waals surface area (Å²) in [5.41, 5.74) is 34.3. The number of nitrogens with one attached hydrogen (secondary N) is 7. The number of guanidine groups is 1. The molecule has 2 aromatic rings. The molecule has 8 atom stereocenters. The normalized spacial score (nSPS) is 22.6. The first-order valence-corrected chi connectivity index (χ1v) is 26.2. The van der Waals surface area contributed by atoms with Crippen LogP contribution in [-0.4, -0.2) is 160 Å². The zero-order valence-electron chi connectivity index (χ0n) is 40.8. The Bertz CT molecular complexity index is 2430. The third kappa shape index (κ3) is 20.3. The number of aliphatic imine (C=N–C) groups is 1. The fourth-order valence-corrected chi connectivity index (χ4v) is 10.1. The van der Waals surface area contributed by atoms with Crippen LogP contribution in [0, 0.1) is 0 Å². The minimum atomic E-state index is -1.80. The number of nitrogens with two attached hydrogens (primary N) is 6. The number of carbonyl (C=O) groups is 11. The number of nitrogens with zero attached hydrogens (tertiary/aromatic N) is 2. The molecule has 0 saturated carbocycles. The molecule has 2 saturated heterocycles. The Labute approximate surface area is 439 Å². The molecule has 2 aromatic carbocycles. The monoisotopic (exact) mass is 1080 g/mol. The number of likely N-dealkylation sites (tertiary alicyclic amines) is 1. The first-order valence-electron chi connectivity index (χ1n) is 23.7. The van der Waals surface area contributed by atoms with Crippen LogP contribution in [0.25, 0.3) is 0 Å². The molecule has 20 N–H and O–H groups in total. The lowest BCUT2D eigenvalue weighted by Gasteiger charge is -2.31. The van der Waals surface area contributed by atoms with Crippen LogP contribution in [0.15, 0.2) is 59.6 Å². The molecule has 2 fully saturated rings. The molecule has 29 heteroatoms. The molecule has 0 bridgehead atoms. The van der Waals surface area contributed by atoms with E-state index in [4.69, 9.17) is 34.4 Å². The van der Waals surface area contributed by atoms with Gasteiger partial charge in [-0.15, -0.1) is 0 Å². The number of carbonyl (C=O) groups excluding carboxylic acids is 11. The third-order valence-electron chi connectivity index (χ3n) is 11.6. The van der Waals surface area contributed by atoms with Crippen LogP contribution in [0.4, 0.5) is 0 Å². The summed E-state index contributed by atoms with van der Waals surface area (Å²) in [4.78, 5) is 153. The molecule has 27 nitrogen and oxygen atoms in total. The summed E-state index contributed by atoms with van der Waals surface area (Å²) >= 11 is 0. The zero-order valence-corrected chi connectivity index (χ0v) is 42.5. The van der Waals surface area contributed by atoms with Gasteiger partial charge in [0.1, 0.15) is 48.0 Å². The largest absolute Gasteiger partial charge is 0.508 e. The van der Waals surface area contributed by atoms with Gasteiger partial charge in [0.05, 0.1) is 19.0 Å². The minimum Gasteiger partial charge on any atom is -0.508 e. The highest BCUT2D eigenvalue weighted by atomic mass is 33.1. The summed E-state index contributed by atoms with van der Waals surface area (Å²) in [6.07, 6.45) is -1.45. The summed E-state index contributed by atoms with van der Waals surface area (Å²) in [6, 6.07) is 2.82. The molecule has 2 aliphatic rings. The number of primary amides is 3. The van der Waals surface area contributed by atoms with E-state index in [1.807, 2.05) is 0 Å². The van der Waals surface area contributed by atoms with Crippen molar-refractivity contribution in [3.63, 3.8) is 0 Å². The van der Waals surface area contributed by atoms with E-state index in [0.29, 0.717) is 17.5 Å². The number of hydrogen-bond donors (Lipinski definition) is 14. The topological polar surface area (TPSA) is 464 Å². The Morgan fingerprint density at radius 1 is 0.720 bits per heavy atom. The first-order chi connectivity index (χ1) is 35.6. The molecule has 2 aliphatic heterocycles. The number of benzene rings is 2. The van der Waals surface area contributed by atoms with E-state index >= 15 is 0 Å². The lowest BCUT2D eigenvalue weighted by molar-refractivity contribution is -0.142. The van der Waals surface area contributed by atoms with Crippen molar-refractivity contribution in [2.24, 2.45) is 39.4 Å². The number of phenols is 1. The molecule has 8 unspecified atom stereocenters. The van der Waals surface area contributed by atoms with Crippen molar-refractivity contribution in [1.82, 2.24) is 42.1 Å². The maximum absolute atomic E-state index is 14.6. The number of hydrogen-bond acceptors (Lipinski definition) is 16. The number of aromatic hydroxyl groups is 1. The predicted octanol–water partition coefficient (Wildman–Crippen LogP) is -5.40.